The molecule has 9 heteroatoms. The minimum absolute atomic E-state index is 0.0144. The zero-order valence-electron chi connectivity index (χ0n) is 19.1. The van der Waals surface area contributed by atoms with Crippen molar-refractivity contribution < 1.29 is 19.7 Å². The first-order valence-corrected chi connectivity index (χ1v) is 11.0. The monoisotopic (exact) mass is 445 g/mol. The van der Waals surface area contributed by atoms with Gasteiger partial charge in [0.05, 0.1) is 19.2 Å². The van der Waals surface area contributed by atoms with Crippen LogP contribution in [0.25, 0.3) is 5.57 Å². The lowest BCUT2D eigenvalue weighted by atomic mass is 10.0. The lowest BCUT2D eigenvalue weighted by Crippen LogP contribution is -2.59. The molecule has 1 aromatic rings. The molecule has 0 saturated carbocycles. The van der Waals surface area contributed by atoms with Gasteiger partial charge in [0.15, 0.2) is 0 Å². The van der Waals surface area contributed by atoms with Crippen LogP contribution < -0.4 is 22.1 Å². The molecule has 8 nitrogen and oxygen atoms in total. The summed E-state index contributed by atoms with van der Waals surface area (Å²) in [6, 6.07) is 5.07. The first kappa shape index (κ1) is 23.7. The van der Waals surface area contributed by atoms with E-state index >= 15 is 0 Å². The molecule has 0 spiro atoms. The number of rotatable bonds is 7. The van der Waals surface area contributed by atoms with Crippen molar-refractivity contribution in [2.24, 2.45) is 10.7 Å². The highest BCUT2D eigenvalue weighted by atomic mass is 19.1. The van der Waals surface area contributed by atoms with E-state index in [-0.39, 0.29) is 29.5 Å². The van der Waals surface area contributed by atoms with Crippen LogP contribution in [-0.4, -0.2) is 62.1 Å². The number of nitrogens with one attached hydrogen (secondary N) is 2. The Morgan fingerprint density at radius 1 is 1.47 bits per heavy atom. The van der Waals surface area contributed by atoms with Crippen molar-refractivity contribution in [3.05, 3.63) is 47.0 Å². The number of nitrogens with zero attached hydrogens (tertiary/aromatic N) is 2. The van der Waals surface area contributed by atoms with E-state index in [4.69, 9.17) is 10.5 Å². The van der Waals surface area contributed by atoms with Gasteiger partial charge in [0, 0.05) is 56.6 Å². The summed E-state index contributed by atoms with van der Waals surface area (Å²) < 4.78 is 20.4. The largest absolute Gasteiger partial charge is 0.394 e. The molecule has 174 valence electrons. The molecular formula is C23H34FN6O2+. The van der Waals surface area contributed by atoms with E-state index in [0.29, 0.717) is 26.1 Å². The Bertz CT molecular complexity index is 934. The van der Waals surface area contributed by atoms with Gasteiger partial charge in [-0.1, -0.05) is 6.07 Å². The van der Waals surface area contributed by atoms with Crippen LogP contribution in [0.1, 0.15) is 32.3 Å². The SMILES string of the molecule is CNC=C(c1ccc(N=C(N)C2=C(NC3CCOC3)CCN(C(C)=O)C2)c(F)c1)C(C)[NH3+]. The van der Waals surface area contributed by atoms with Crippen LogP contribution in [0.4, 0.5) is 10.1 Å². The van der Waals surface area contributed by atoms with Crippen molar-refractivity contribution in [1.82, 2.24) is 15.5 Å². The third-order valence-electron chi connectivity index (χ3n) is 5.76. The van der Waals surface area contributed by atoms with Gasteiger partial charge in [-0.3, -0.25) is 4.79 Å². The smallest absolute Gasteiger partial charge is 0.219 e. The first-order valence-electron chi connectivity index (χ1n) is 11.0. The third kappa shape index (κ3) is 5.66. The van der Waals surface area contributed by atoms with Gasteiger partial charge in [-0.15, -0.1) is 0 Å². The maximum Gasteiger partial charge on any atom is 0.219 e. The van der Waals surface area contributed by atoms with E-state index in [0.717, 1.165) is 35.4 Å². The second-order valence-corrected chi connectivity index (χ2v) is 8.31. The van der Waals surface area contributed by atoms with Crippen molar-refractivity contribution in [1.29, 1.82) is 0 Å². The Kier molecular flexibility index (Phi) is 7.87. The Labute approximate surface area is 188 Å². The van der Waals surface area contributed by atoms with Crippen LogP contribution in [0.2, 0.25) is 0 Å². The minimum Gasteiger partial charge on any atom is -0.394 e. The summed E-state index contributed by atoms with van der Waals surface area (Å²) in [7, 11) is 1.80. The molecule has 2 aliphatic heterocycles. The summed E-state index contributed by atoms with van der Waals surface area (Å²) in [5.41, 5.74) is 13.8. The maximum atomic E-state index is 14.9. The van der Waals surface area contributed by atoms with Crippen molar-refractivity contribution in [2.75, 3.05) is 33.4 Å². The molecule has 3 rings (SSSR count). The van der Waals surface area contributed by atoms with E-state index in [1.54, 1.807) is 18.0 Å². The van der Waals surface area contributed by atoms with Gasteiger partial charge >= 0.3 is 0 Å². The number of benzene rings is 1. The van der Waals surface area contributed by atoms with Crippen LogP contribution in [0, 0.1) is 5.82 Å². The van der Waals surface area contributed by atoms with Crippen LogP contribution in [-0.2, 0) is 9.53 Å². The molecule has 2 aliphatic rings. The van der Waals surface area contributed by atoms with Gasteiger partial charge in [0.1, 0.15) is 23.4 Å². The number of hydrogen-bond acceptors (Lipinski definition) is 5. The number of carbonyl (C=O) groups is 1. The molecule has 2 unspecified atom stereocenters. The van der Waals surface area contributed by atoms with E-state index in [1.165, 1.54) is 13.0 Å². The highest BCUT2D eigenvalue weighted by Crippen LogP contribution is 2.26. The summed E-state index contributed by atoms with van der Waals surface area (Å²) in [6.45, 7) is 5.78. The molecule has 0 radical (unpaired) electrons. The third-order valence-corrected chi connectivity index (χ3v) is 5.76. The van der Waals surface area contributed by atoms with Gasteiger partial charge in [0.25, 0.3) is 0 Å². The number of hydrogen-bond donors (Lipinski definition) is 4. The number of nitrogens with two attached hydrogens (primary N) is 1. The van der Waals surface area contributed by atoms with Crippen LogP contribution in [0.5, 0.6) is 0 Å². The Balaban J connectivity index is 1.91. The average molecular weight is 446 g/mol. The molecule has 1 amide bonds. The molecule has 1 aromatic carbocycles. The Hall–Kier alpha value is -2.91. The normalized spacial score (nSPS) is 21.0. The van der Waals surface area contributed by atoms with Gasteiger partial charge < -0.3 is 31.7 Å². The highest BCUT2D eigenvalue weighted by molar-refractivity contribution is 6.00. The number of aliphatic imine (C=N–C) groups is 1. The molecule has 2 heterocycles. The number of ether oxygens (including phenoxy) is 1. The van der Waals surface area contributed by atoms with E-state index in [1.807, 2.05) is 19.2 Å². The van der Waals surface area contributed by atoms with E-state index in [9.17, 15) is 9.18 Å². The molecule has 1 fully saturated rings. The fourth-order valence-corrected chi connectivity index (χ4v) is 3.96. The fourth-order valence-electron chi connectivity index (χ4n) is 3.96. The summed E-state index contributed by atoms with van der Waals surface area (Å²) in [4.78, 5) is 18.1. The van der Waals surface area contributed by atoms with Gasteiger partial charge in [0.2, 0.25) is 5.91 Å². The Morgan fingerprint density at radius 2 is 2.25 bits per heavy atom. The molecular weight excluding hydrogens is 411 g/mol. The number of carbonyl (C=O) groups excluding carboxylic acids is 1. The van der Waals surface area contributed by atoms with Crippen molar-refractivity contribution in [3.63, 3.8) is 0 Å². The van der Waals surface area contributed by atoms with E-state index in [2.05, 4.69) is 21.4 Å². The zero-order chi connectivity index (χ0) is 23.3. The molecule has 7 N–H and O–H groups in total. The van der Waals surface area contributed by atoms with Crippen molar-refractivity contribution in [2.45, 2.75) is 38.8 Å². The predicted molar refractivity (Wildman–Crippen MR) is 123 cm³/mol. The topological polar surface area (TPSA) is 120 Å². The van der Waals surface area contributed by atoms with Crippen LogP contribution in [0.3, 0.4) is 0 Å². The Morgan fingerprint density at radius 3 is 2.84 bits per heavy atom. The average Bonchev–Trinajstić information content (AvgIpc) is 3.26. The molecule has 2 atom stereocenters. The van der Waals surface area contributed by atoms with Gasteiger partial charge in [-0.2, -0.15) is 0 Å². The van der Waals surface area contributed by atoms with Gasteiger partial charge in [-0.25, -0.2) is 9.38 Å². The van der Waals surface area contributed by atoms with Crippen molar-refractivity contribution in [3.8, 4) is 0 Å². The van der Waals surface area contributed by atoms with Crippen molar-refractivity contribution >= 4 is 23.0 Å². The second-order valence-electron chi connectivity index (χ2n) is 8.31. The standard InChI is InChI=1S/C23H33FN6O2/c1-14(25)18(11-27-3)16-4-5-22(20(24)10-16)29-23(26)19-12-30(15(2)31)8-6-21(19)28-17-7-9-32-13-17/h4-5,10-11,14,17,27-28H,6-9,12-13,25H2,1-3H3,(H2,26,29)/p+1. The molecule has 32 heavy (non-hydrogen) atoms. The quantitative estimate of drug-likeness (QED) is 0.367. The molecule has 1 saturated heterocycles. The number of amides is 1. The summed E-state index contributed by atoms with van der Waals surface area (Å²) in [5.74, 6) is -0.285. The minimum atomic E-state index is -0.466. The van der Waals surface area contributed by atoms with E-state index < -0.39 is 5.82 Å². The summed E-state index contributed by atoms with van der Waals surface area (Å²) >= 11 is 0. The lowest BCUT2D eigenvalue weighted by Gasteiger charge is -2.31. The lowest BCUT2D eigenvalue weighted by molar-refractivity contribution is -0.393. The second kappa shape index (κ2) is 10.6. The number of quaternary nitrogens is 1. The van der Waals surface area contributed by atoms with Gasteiger partial charge in [-0.05, 0) is 31.0 Å². The molecule has 0 bridgehead atoms. The predicted octanol–water partition coefficient (Wildman–Crippen LogP) is 0.890. The zero-order valence-corrected chi connectivity index (χ0v) is 19.1. The van der Waals surface area contributed by atoms with Crippen LogP contribution in [0.15, 0.2) is 40.7 Å². The maximum absolute atomic E-state index is 14.9. The number of amidine groups is 1. The fraction of sp³-hybridized carbons (Fsp3) is 0.478. The molecule has 0 aliphatic carbocycles. The summed E-state index contributed by atoms with van der Waals surface area (Å²) in [5, 5.41) is 6.48. The first-order chi connectivity index (χ1) is 15.3. The highest BCUT2D eigenvalue weighted by Gasteiger charge is 2.26. The van der Waals surface area contributed by atoms with Crippen LogP contribution >= 0.6 is 0 Å². The molecule has 0 aromatic heterocycles. The summed E-state index contributed by atoms with van der Waals surface area (Å²) in [6.07, 6.45) is 3.37. The number of halogens is 1.